The largest absolute Gasteiger partial charge is 0.382 e. The van der Waals surface area contributed by atoms with E-state index in [0.29, 0.717) is 24.2 Å². The van der Waals surface area contributed by atoms with Crippen molar-refractivity contribution in [1.82, 2.24) is 5.32 Å². The first kappa shape index (κ1) is 12.9. The van der Waals surface area contributed by atoms with Gasteiger partial charge in [0, 0.05) is 29.9 Å². The van der Waals surface area contributed by atoms with Gasteiger partial charge in [-0.15, -0.1) is 0 Å². The number of aryl methyl sites for hydroxylation is 1. The van der Waals surface area contributed by atoms with Crippen LogP contribution in [-0.4, -0.2) is 24.5 Å². The van der Waals surface area contributed by atoms with Crippen molar-refractivity contribution in [3.05, 3.63) is 29.3 Å². The number of nitrogens with one attached hydrogen (secondary N) is 2. The summed E-state index contributed by atoms with van der Waals surface area (Å²) in [6.07, 6.45) is 2.01. The first-order chi connectivity index (χ1) is 8.60. The zero-order chi connectivity index (χ0) is 13.1. The molecule has 1 aliphatic rings. The quantitative estimate of drug-likeness (QED) is 0.758. The van der Waals surface area contributed by atoms with Gasteiger partial charge in [-0.1, -0.05) is 6.07 Å². The van der Waals surface area contributed by atoms with Gasteiger partial charge in [0.1, 0.15) is 0 Å². The summed E-state index contributed by atoms with van der Waals surface area (Å²) < 4.78 is 0. The maximum atomic E-state index is 11.8. The molecule has 4 heteroatoms. The second-order valence-corrected chi connectivity index (χ2v) is 4.96. The Morgan fingerprint density at radius 2 is 2.17 bits per heavy atom. The van der Waals surface area contributed by atoms with Crippen LogP contribution in [-0.2, 0) is 0 Å². The minimum absolute atomic E-state index is 0.0224. The molecule has 0 radical (unpaired) electrons. The molecular formula is C14H21N3O. The zero-order valence-corrected chi connectivity index (χ0v) is 11.0. The Bertz CT molecular complexity index is 439. The van der Waals surface area contributed by atoms with Crippen LogP contribution in [0.3, 0.4) is 0 Å². The van der Waals surface area contributed by atoms with Crippen LogP contribution in [0.4, 0.5) is 5.69 Å². The summed E-state index contributed by atoms with van der Waals surface area (Å²) in [5.74, 6) is -0.0224. The highest BCUT2D eigenvalue weighted by Crippen LogP contribution is 2.25. The van der Waals surface area contributed by atoms with E-state index in [4.69, 9.17) is 5.73 Å². The summed E-state index contributed by atoms with van der Waals surface area (Å²) in [7, 11) is 0. The molecule has 1 saturated carbocycles. The Balaban J connectivity index is 2.09. The van der Waals surface area contributed by atoms with Crippen LogP contribution in [0.25, 0.3) is 0 Å². The van der Waals surface area contributed by atoms with E-state index in [1.54, 1.807) is 0 Å². The van der Waals surface area contributed by atoms with E-state index < -0.39 is 0 Å². The molecule has 4 N–H and O–H groups in total. The number of carbonyl (C=O) groups is 1. The molecule has 98 valence electrons. The maximum Gasteiger partial charge on any atom is 0.251 e. The highest BCUT2D eigenvalue weighted by atomic mass is 16.1. The van der Waals surface area contributed by atoms with Crippen LogP contribution >= 0.6 is 0 Å². The van der Waals surface area contributed by atoms with Crippen molar-refractivity contribution in [2.24, 2.45) is 5.73 Å². The van der Waals surface area contributed by atoms with Gasteiger partial charge in [0.15, 0.2) is 0 Å². The lowest BCUT2D eigenvalue weighted by Crippen LogP contribution is -2.44. The van der Waals surface area contributed by atoms with E-state index in [0.717, 1.165) is 24.1 Å². The van der Waals surface area contributed by atoms with Crippen molar-refractivity contribution in [2.45, 2.75) is 38.8 Å². The number of anilines is 1. The summed E-state index contributed by atoms with van der Waals surface area (Å²) in [6, 6.07) is 6.53. The lowest BCUT2D eigenvalue weighted by atomic mass is 9.87. The third-order valence-electron chi connectivity index (χ3n) is 3.37. The zero-order valence-electron chi connectivity index (χ0n) is 11.0. The van der Waals surface area contributed by atoms with E-state index in [2.05, 4.69) is 10.6 Å². The molecule has 0 aromatic heterocycles. The van der Waals surface area contributed by atoms with Crippen molar-refractivity contribution >= 4 is 11.6 Å². The normalized spacial score (nSPS) is 22.2. The molecule has 0 heterocycles. The second kappa shape index (κ2) is 5.40. The van der Waals surface area contributed by atoms with Crippen molar-refractivity contribution in [1.29, 1.82) is 0 Å². The molecule has 0 spiro atoms. The Morgan fingerprint density at radius 1 is 1.44 bits per heavy atom. The summed E-state index contributed by atoms with van der Waals surface area (Å²) in [6.45, 7) is 4.61. The molecule has 1 aromatic rings. The molecule has 0 bridgehead atoms. The van der Waals surface area contributed by atoms with Crippen LogP contribution in [0.1, 0.15) is 35.7 Å². The number of rotatable bonds is 4. The van der Waals surface area contributed by atoms with E-state index >= 15 is 0 Å². The number of hydrogen-bond donors (Lipinski definition) is 3. The van der Waals surface area contributed by atoms with Gasteiger partial charge >= 0.3 is 0 Å². The third kappa shape index (κ3) is 2.82. The molecule has 1 amide bonds. The Kier molecular flexibility index (Phi) is 3.87. The number of hydrogen-bond acceptors (Lipinski definition) is 3. The third-order valence-corrected chi connectivity index (χ3v) is 3.37. The maximum absolute atomic E-state index is 11.8. The smallest absolute Gasteiger partial charge is 0.251 e. The molecule has 1 fully saturated rings. The fraction of sp³-hybridized carbons (Fsp3) is 0.500. The van der Waals surface area contributed by atoms with Crippen LogP contribution in [0.15, 0.2) is 18.2 Å². The van der Waals surface area contributed by atoms with E-state index in [-0.39, 0.29) is 5.91 Å². The van der Waals surface area contributed by atoms with Crippen molar-refractivity contribution in [2.75, 3.05) is 11.9 Å². The average molecular weight is 247 g/mol. The first-order valence-corrected chi connectivity index (χ1v) is 6.51. The van der Waals surface area contributed by atoms with Crippen molar-refractivity contribution in [3.63, 3.8) is 0 Å². The highest BCUT2D eigenvalue weighted by Gasteiger charge is 2.25. The fourth-order valence-corrected chi connectivity index (χ4v) is 2.18. The van der Waals surface area contributed by atoms with Gasteiger partial charge in [0.25, 0.3) is 5.91 Å². The molecular weight excluding hydrogens is 226 g/mol. The molecule has 1 aromatic carbocycles. The van der Waals surface area contributed by atoms with E-state index in [1.807, 2.05) is 32.0 Å². The number of amides is 1. The van der Waals surface area contributed by atoms with E-state index in [9.17, 15) is 4.79 Å². The average Bonchev–Trinajstić information content (AvgIpc) is 2.30. The molecule has 0 atom stereocenters. The van der Waals surface area contributed by atoms with Gasteiger partial charge in [-0.3, -0.25) is 4.79 Å². The summed E-state index contributed by atoms with van der Waals surface area (Å²) in [5, 5.41) is 6.26. The molecule has 0 aliphatic heterocycles. The first-order valence-electron chi connectivity index (χ1n) is 6.51. The highest BCUT2D eigenvalue weighted by molar-refractivity contribution is 5.95. The van der Waals surface area contributed by atoms with Crippen LogP contribution in [0, 0.1) is 6.92 Å². The van der Waals surface area contributed by atoms with Gasteiger partial charge < -0.3 is 16.4 Å². The standard InChI is InChI=1S/C14H21N3O/c1-3-16-14(18)10-5-4-9(2)13(6-10)17-12-7-11(15)8-12/h4-6,11-12,17H,3,7-8,15H2,1-2H3,(H,16,18). The Hall–Kier alpha value is -1.55. The van der Waals surface area contributed by atoms with Gasteiger partial charge in [-0.25, -0.2) is 0 Å². The molecule has 0 saturated heterocycles. The topological polar surface area (TPSA) is 67.2 Å². The molecule has 0 unspecified atom stereocenters. The van der Waals surface area contributed by atoms with Gasteiger partial charge in [-0.05, 0) is 44.4 Å². The number of nitrogens with two attached hydrogens (primary N) is 1. The molecule has 4 nitrogen and oxygen atoms in total. The SMILES string of the molecule is CCNC(=O)c1ccc(C)c(NC2CC(N)C2)c1. The predicted octanol–water partition coefficient (Wildman–Crippen LogP) is 1.65. The lowest BCUT2D eigenvalue weighted by Gasteiger charge is -2.34. The van der Waals surface area contributed by atoms with Gasteiger partial charge in [-0.2, -0.15) is 0 Å². The molecule has 2 rings (SSSR count). The summed E-state index contributed by atoms with van der Waals surface area (Å²) in [4.78, 5) is 11.8. The Labute approximate surface area is 108 Å². The fourth-order valence-electron chi connectivity index (χ4n) is 2.18. The predicted molar refractivity (Wildman–Crippen MR) is 73.8 cm³/mol. The van der Waals surface area contributed by atoms with Gasteiger partial charge in [0.2, 0.25) is 0 Å². The minimum Gasteiger partial charge on any atom is -0.382 e. The summed E-state index contributed by atoms with van der Waals surface area (Å²) in [5.41, 5.74) is 8.67. The second-order valence-electron chi connectivity index (χ2n) is 4.96. The van der Waals surface area contributed by atoms with Crippen LogP contribution in [0.2, 0.25) is 0 Å². The van der Waals surface area contributed by atoms with Crippen LogP contribution < -0.4 is 16.4 Å². The van der Waals surface area contributed by atoms with Crippen LogP contribution in [0.5, 0.6) is 0 Å². The van der Waals surface area contributed by atoms with Gasteiger partial charge in [0.05, 0.1) is 0 Å². The molecule has 1 aliphatic carbocycles. The number of benzene rings is 1. The molecule has 18 heavy (non-hydrogen) atoms. The summed E-state index contributed by atoms with van der Waals surface area (Å²) >= 11 is 0. The lowest BCUT2D eigenvalue weighted by molar-refractivity contribution is 0.0956. The van der Waals surface area contributed by atoms with E-state index in [1.165, 1.54) is 0 Å². The van der Waals surface area contributed by atoms with Crippen molar-refractivity contribution < 1.29 is 4.79 Å². The monoisotopic (exact) mass is 247 g/mol. The van der Waals surface area contributed by atoms with Crippen molar-refractivity contribution in [3.8, 4) is 0 Å². The Morgan fingerprint density at radius 3 is 2.78 bits per heavy atom. The number of carbonyl (C=O) groups excluding carboxylic acids is 1. The minimum atomic E-state index is -0.0224.